The summed E-state index contributed by atoms with van der Waals surface area (Å²) in [4.78, 5) is 24.2. The smallest absolute Gasteiger partial charge is 0.250 e. The van der Waals surface area contributed by atoms with E-state index in [1.165, 1.54) is 6.08 Å². The molecule has 0 atom stereocenters. The van der Waals surface area contributed by atoms with E-state index < -0.39 is 11.8 Å². The van der Waals surface area contributed by atoms with Gasteiger partial charge in [-0.1, -0.05) is 18.2 Å². The van der Waals surface area contributed by atoms with Crippen LogP contribution in [0.3, 0.4) is 0 Å². The molecule has 2 amide bonds. The van der Waals surface area contributed by atoms with Crippen LogP contribution in [0.1, 0.15) is 0 Å². The highest BCUT2D eigenvalue weighted by molar-refractivity contribution is 6.01. The fourth-order valence-corrected chi connectivity index (χ4v) is 1.74. The van der Waals surface area contributed by atoms with Crippen molar-refractivity contribution in [2.45, 2.75) is 0 Å². The van der Waals surface area contributed by atoms with E-state index in [0.717, 1.165) is 5.69 Å². The summed E-state index contributed by atoms with van der Waals surface area (Å²) in [7, 11) is 0. The van der Waals surface area contributed by atoms with Gasteiger partial charge in [0.1, 0.15) is 0 Å². The van der Waals surface area contributed by atoms with E-state index in [1.807, 2.05) is 30.3 Å². The molecule has 0 bridgehead atoms. The highest BCUT2D eigenvalue weighted by atomic mass is 16.1. The molecule has 5 heteroatoms. The summed E-state index contributed by atoms with van der Waals surface area (Å²) in [5.41, 5.74) is 12.0. The number of nitrogens with two attached hydrogens (primary N) is 2. The lowest BCUT2D eigenvalue weighted by molar-refractivity contribution is -0.114. The molecule has 0 radical (unpaired) electrons. The largest absolute Gasteiger partial charge is 0.366 e. The lowest BCUT2D eigenvalue weighted by Gasteiger charge is -2.25. The molecule has 4 N–H and O–H groups in total. The van der Waals surface area contributed by atoms with Crippen molar-refractivity contribution in [2.75, 3.05) is 11.4 Å². The fourth-order valence-electron chi connectivity index (χ4n) is 1.74. The van der Waals surface area contributed by atoms with Crippen LogP contribution < -0.4 is 16.4 Å². The van der Waals surface area contributed by atoms with Gasteiger partial charge >= 0.3 is 0 Å². The lowest BCUT2D eigenvalue weighted by Crippen LogP contribution is -2.31. The predicted octanol–water partition coefficient (Wildman–Crippen LogP) is 0.287. The van der Waals surface area contributed by atoms with Crippen LogP contribution in [0.5, 0.6) is 0 Å². The van der Waals surface area contributed by atoms with Gasteiger partial charge in [-0.05, 0) is 18.2 Å². The van der Waals surface area contributed by atoms with Crippen molar-refractivity contribution in [3.63, 3.8) is 0 Å². The molecular formula is C13H13N3O2. The zero-order valence-electron chi connectivity index (χ0n) is 9.67. The van der Waals surface area contributed by atoms with Gasteiger partial charge in [-0.2, -0.15) is 0 Å². The maximum absolute atomic E-state index is 11.2. The Balaban J connectivity index is 2.38. The van der Waals surface area contributed by atoms with Crippen LogP contribution in [0, 0.1) is 0 Å². The molecule has 1 aliphatic heterocycles. The number of anilines is 1. The van der Waals surface area contributed by atoms with Crippen LogP contribution in [0.15, 0.2) is 53.8 Å². The number of nitrogens with zero attached hydrogens (tertiary/aromatic N) is 1. The zero-order valence-corrected chi connectivity index (χ0v) is 9.67. The van der Waals surface area contributed by atoms with Gasteiger partial charge in [-0.15, -0.1) is 0 Å². The maximum atomic E-state index is 11.2. The Morgan fingerprint density at radius 1 is 1.06 bits per heavy atom. The molecule has 5 nitrogen and oxygen atoms in total. The van der Waals surface area contributed by atoms with Crippen LogP contribution in [0.2, 0.25) is 0 Å². The number of rotatable bonds is 3. The SMILES string of the molecule is NC(=O)C1=CN(c2ccccc2)CC(C(N)=O)=C1. The first kappa shape index (κ1) is 11.9. The Morgan fingerprint density at radius 3 is 2.28 bits per heavy atom. The first-order valence-corrected chi connectivity index (χ1v) is 5.41. The molecule has 0 unspecified atom stereocenters. The van der Waals surface area contributed by atoms with Gasteiger partial charge in [-0.25, -0.2) is 0 Å². The van der Waals surface area contributed by atoms with E-state index in [4.69, 9.17) is 11.5 Å². The molecule has 1 heterocycles. The standard InChI is InChI=1S/C13H13N3O2/c14-12(17)9-6-10(13(15)18)8-16(7-9)11-4-2-1-3-5-11/h1-7H,8H2,(H2,14,17)(H2,15,18). The normalized spacial score (nSPS) is 14.8. The van der Waals surface area contributed by atoms with Crippen LogP contribution in [-0.4, -0.2) is 18.4 Å². The van der Waals surface area contributed by atoms with Crippen molar-refractivity contribution in [1.29, 1.82) is 0 Å². The van der Waals surface area contributed by atoms with Gasteiger partial charge in [-0.3, -0.25) is 9.59 Å². The van der Waals surface area contributed by atoms with E-state index in [1.54, 1.807) is 11.1 Å². The summed E-state index contributed by atoms with van der Waals surface area (Å²) in [5.74, 6) is -1.14. The highest BCUT2D eigenvalue weighted by Gasteiger charge is 2.19. The van der Waals surface area contributed by atoms with Crippen molar-refractivity contribution < 1.29 is 9.59 Å². The van der Waals surface area contributed by atoms with E-state index in [-0.39, 0.29) is 5.57 Å². The molecule has 1 aliphatic rings. The third-order valence-electron chi connectivity index (χ3n) is 2.65. The van der Waals surface area contributed by atoms with Crippen molar-refractivity contribution in [1.82, 2.24) is 0 Å². The number of benzene rings is 1. The summed E-state index contributed by atoms with van der Waals surface area (Å²) in [6, 6.07) is 9.37. The van der Waals surface area contributed by atoms with Crippen LogP contribution in [0.4, 0.5) is 5.69 Å². The molecule has 0 fully saturated rings. The van der Waals surface area contributed by atoms with Gasteiger partial charge < -0.3 is 16.4 Å². The number of amides is 2. The number of para-hydroxylation sites is 1. The van der Waals surface area contributed by atoms with Crippen LogP contribution >= 0.6 is 0 Å². The minimum absolute atomic E-state index is 0.263. The molecule has 92 valence electrons. The molecule has 0 saturated heterocycles. The second kappa shape index (κ2) is 4.75. The Hall–Kier alpha value is -2.56. The molecular weight excluding hydrogens is 230 g/mol. The van der Waals surface area contributed by atoms with Crippen molar-refractivity contribution in [2.24, 2.45) is 11.5 Å². The molecule has 18 heavy (non-hydrogen) atoms. The molecule has 0 aromatic heterocycles. The van der Waals surface area contributed by atoms with Crippen LogP contribution in [0.25, 0.3) is 0 Å². The van der Waals surface area contributed by atoms with E-state index in [2.05, 4.69) is 0 Å². The lowest BCUT2D eigenvalue weighted by atomic mass is 10.1. The summed E-state index contributed by atoms with van der Waals surface area (Å²) in [5, 5.41) is 0. The molecule has 0 spiro atoms. The molecule has 0 saturated carbocycles. The zero-order chi connectivity index (χ0) is 13.1. The number of primary amides is 2. The highest BCUT2D eigenvalue weighted by Crippen LogP contribution is 2.21. The number of carbonyl (C=O) groups is 2. The van der Waals surface area contributed by atoms with Crippen molar-refractivity contribution in [3.8, 4) is 0 Å². The van der Waals surface area contributed by atoms with Gasteiger partial charge in [0, 0.05) is 17.5 Å². The predicted molar refractivity (Wildman–Crippen MR) is 68.3 cm³/mol. The Morgan fingerprint density at radius 2 is 1.72 bits per heavy atom. The first-order valence-electron chi connectivity index (χ1n) is 5.41. The minimum Gasteiger partial charge on any atom is -0.366 e. The van der Waals surface area contributed by atoms with Crippen LogP contribution in [-0.2, 0) is 9.59 Å². The third kappa shape index (κ3) is 2.40. The summed E-state index contributed by atoms with van der Waals surface area (Å²) < 4.78 is 0. The third-order valence-corrected chi connectivity index (χ3v) is 2.65. The second-order valence-electron chi connectivity index (χ2n) is 3.95. The maximum Gasteiger partial charge on any atom is 0.250 e. The van der Waals surface area contributed by atoms with Crippen molar-refractivity contribution in [3.05, 3.63) is 53.8 Å². The number of hydrogen-bond donors (Lipinski definition) is 2. The molecule has 1 aromatic carbocycles. The number of hydrogen-bond acceptors (Lipinski definition) is 3. The van der Waals surface area contributed by atoms with Gasteiger partial charge in [0.2, 0.25) is 11.8 Å². The Kier molecular flexibility index (Phi) is 3.14. The Labute approximate surface area is 104 Å². The molecule has 0 aliphatic carbocycles. The van der Waals surface area contributed by atoms with Crippen molar-refractivity contribution >= 4 is 17.5 Å². The topological polar surface area (TPSA) is 89.4 Å². The van der Waals surface area contributed by atoms with Gasteiger partial charge in [0.15, 0.2) is 0 Å². The van der Waals surface area contributed by atoms with Gasteiger partial charge in [0.25, 0.3) is 0 Å². The summed E-state index contributed by atoms with van der Waals surface area (Å²) in [6.45, 7) is 0.329. The average molecular weight is 243 g/mol. The molecule has 1 aromatic rings. The van der Waals surface area contributed by atoms with E-state index >= 15 is 0 Å². The second-order valence-corrected chi connectivity index (χ2v) is 3.95. The minimum atomic E-state index is -0.589. The quantitative estimate of drug-likeness (QED) is 0.799. The Bertz CT molecular complexity index is 547. The van der Waals surface area contributed by atoms with E-state index in [9.17, 15) is 9.59 Å². The summed E-state index contributed by atoms with van der Waals surface area (Å²) >= 11 is 0. The van der Waals surface area contributed by atoms with E-state index in [0.29, 0.717) is 12.1 Å². The first-order chi connectivity index (χ1) is 8.58. The molecule has 2 rings (SSSR count). The summed E-state index contributed by atoms with van der Waals surface area (Å²) in [6.07, 6.45) is 3.05. The number of carbonyl (C=O) groups excluding carboxylic acids is 2. The fraction of sp³-hybridized carbons (Fsp3) is 0.0769. The average Bonchev–Trinajstić information content (AvgIpc) is 2.39. The van der Waals surface area contributed by atoms with Gasteiger partial charge in [0.05, 0.1) is 12.1 Å². The monoisotopic (exact) mass is 243 g/mol.